The molecule has 104 valence electrons. The summed E-state index contributed by atoms with van der Waals surface area (Å²) in [5.74, 6) is -0.585. The summed E-state index contributed by atoms with van der Waals surface area (Å²) in [6.45, 7) is 0.911. The lowest BCUT2D eigenvalue weighted by Crippen LogP contribution is -2.14. The lowest BCUT2D eigenvalue weighted by Gasteiger charge is -2.02. The molecule has 1 unspecified atom stereocenters. The first-order valence-electron chi connectivity index (χ1n) is 6.22. The predicted octanol–water partition coefficient (Wildman–Crippen LogP) is 1.28. The van der Waals surface area contributed by atoms with Crippen LogP contribution in [0.3, 0.4) is 0 Å². The van der Waals surface area contributed by atoms with Crippen LogP contribution in [0.1, 0.15) is 35.3 Å². The molecule has 3 heterocycles. The molecule has 0 saturated carbocycles. The first-order valence-corrected chi connectivity index (χ1v) is 6.22. The van der Waals surface area contributed by atoms with Crippen LogP contribution in [0.2, 0.25) is 0 Å². The highest BCUT2D eigenvalue weighted by Crippen LogP contribution is 2.22. The predicted molar refractivity (Wildman–Crippen MR) is 66.4 cm³/mol. The van der Waals surface area contributed by atoms with Crippen LogP contribution in [0, 0.1) is 5.82 Å². The molecular weight excluding hydrogens is 265 g/mol. The third kappa shape index (κ3) is 2.64. The Morgan fingerprint density at radius 3 is 3.05 bits per heavy atom. The summed E-state index contributed by atoms with van der Waals surface area (Å²) in [5, 5.41) is 13.3. The Morgan fingerprint density at radius 2 is 2.35 bits per heavy atom. The number of hydrogen-bond acceptors (Lipinski definition) is 6. The van der Waals surface area contributed by atoms with E-state index in [2.05, 4.69) is 25.8 Å². The van der Waals surface area contributed by atoms with E-state index in [-0.39, 0.29) is 17.8 Å². The fourth-order valence-electron chi connectivity index (χ4n) is 1.99. The standard InChI is InChI=1S/C12H12FN5O2/c13-7-3-4-8(15-6-7)10(19)16-12-18-17-11(20-12)9-2-1-5-14-9/h3-4,6,9,14H,1-2,5H2,(H,16,18,19). The Bertz CT molecular complexity index is 607. The second-order valence-electron chi connectivity index (χ2n) is 4.41. The third-order valence-corrected chi connectivity index (χ3v) is 2.98. The number of hydrogen-bond donors (Lipinski definition) is 2. The molecule has 2 aromatic rings. The Balaban J connectivity index is 1.68. The summed E-state index contributed by atoms with van der Waals surface area (Å²) >= 11 is 0. The minimum absolute atomic E-state index is 0.00447. The van der Waals surface area contributed by atoms with E-state index in [0.29, 0.717) is 5.89 Å². The average molecular weight is 277 g/mol. The number of amides is 1. The van der Waals surface area contributed by atoms with E-state index in [1.165, 1.54) is 6.07 Å². The maximum absolute atomic E-state index is 12.7. The van der Waals surface area contributed by atoms with Gasteiger partial charge in [-0.1, -0.05) is 5.10 Å². The van der Waals surface area contributed by atoms with Gasteiger partial charge in [0.05, 0.1) is 12.2 Å². The molecule has 0 bridgehead atoms. The van der Waals surface area contributed by atoms with Crippen LogP contribution in [-0.2, 0) is 0 Å². The van der Waals surface area contributed by atoms with E-state index < -0.39 is 11.7 Å². The molecule has 1 aliphatic rings. The molecule has 0 radical (unpaired) electrons. The topological polar surface area (TPSA) is 92.9 Å². The molecule has 7 nitrogen and oxygen atoms in total. The Labute approximate surface area is 113 Å². The van der Waals surface area contributed by atoms with Gasteiger partial charge < -0.3 is 9.73 Å². The number of anilines is 1. The fraction of sp³-hybridized carbons (Fsp3) is 0.333. The molecule has 2 aromatic heterocycles. The van der Waals surface area contributed by atoms with E-state index in [1.54, 1.807) is 0 Å². The van der Waals surface area contributed by atoms with Crippen molar-refractivity contribution in [2.45, 2.75) is 18.9 Å². The minimum atomic E-state index is -0.528. The van der Waals surface area contributed by atoms with Crippen molar-refractivity contribution in [2.24, 2.45) is 0 Å². The summed E-state index contributed by atoms with van der Waals surface area (Å²) in [7, 11) is 0. The zero-order valence-electron chi connectivity index (χ0n) is 10.5. The molecule has 20 heavy (non-hydrogen) atoms. The van der Waals surface area contributed by atoms with Gasteiger partial charge in [0.25, 0.3) is 5.91 Å². The van der Waals surface area contributed by atoms with Gasteiger partial charge in [0.2, 0.25) is 5.89 Å². The van der Waals surface area contributed by atoms with Crippen molar-refractivity contribution in [3.63, 3.8) is 0 Å². The van der Waals surface area contributed by atoms with Crippen molar-refractivity contribution in [3.05, 3.63) is 35.7 Å². The van der Waals surface area contributed by atoms with Gasteiger partial charge in [0, 0.05) is 0 Å². The molecule has 1 aliphatic heterocycles. The van der Waals surface area contributed by atoms with Crippen molar-refractivity contribution in [1.82, 2.24) is 20.5 Å². The Morgan fingerprint density at radius 1 is 1.45 bits per heavy atom. The number of nitrogens with one attached hydrogen (secondary N) is 2. The van der Waals surface area contributed by atoms with Crippen LogP contribution in [0.15, 0.2) is 22.7 Å². The van der Waals surface area contributed by atoms with Gasteiger partial charge in [0.15, 0.2) is 0 Å². The van der Waals surface area contributed by atoms with Crippen molar-refractivity contribution in [1.29, 1.82) is 0 Å². The van der Waals surface area contributed by atoms with Crippen LogP contribution in [0.4, 0.5) is 10.4 Å². The molecule has 1 fully saturated rings. The van der Waals surface area contributed by atoms with Crippen LogP contribution in [0.25, 0.3) is 0 Å². The van der Waals surface area contributed by atoms with Gasteiger partial charge in [-0.25, -0.2) is 9.37 Å². The lowest BCUT2D eigenvalue weighted by molar-refractivity contribution is 0.101. The molecular formula is C12H12FN5O2. The van der Waals surface area contributed by atoms with Gasteiger partial charge in [-0.2, -0.15) is 0 Å². The Kier molecular flexibility index (Phi) is 3.38. The molecule has 1 amide bonds. The van der Waals surface area contributed by atoms with Crippen LogP contribution < -0.4 is 10.6 Å². The largest absolute Gasteiger partial charge is 0.406 e. The van der Waals surface area contributed by atoms with Gasteiger partial charge in [-0.15, -0.1) is 5.10 Å². The highest BCUT2D eigenvalue weighted by molar-refractivity contribution is 6.01. The van der Waals surface area contributed by atoms with E-state index in [9.17, 15) is 9.18 Å². The van der Waals surface area contributed by atoms with Gasteiger partial charge in [-0.3, -0.25) is 10.1 Å². The monoisotopic (exact) mass is 277 g/mol. The van der Waals surface area contributed by atoms with Gasteiger partial charge in [0.1, 0.15) is 11.5 Å². The molecule has 0 spiro atoms. The number of pyridine rings is 1. The highest BCUT2D eigenvalue weighted by Gasteiger charge is 2.22. The molecule has 8 heteroatoms. The van der Waals surface area contributed by atoms with Crippen molar-refractivity contribution in [2.75, 3.05) is 11.9 Å². The van der Waals surface area contributed by atoms with Crippen molar-refractivity contribution >= 4 is 11.9 Å². The molecule has 1 atom stereocenters. The van der Waals surface area contributed by atoms with E-state index in [1.807, 2.05) is 0 Å². The smallest absolute Gasteiger partial charge is 0.322 e. The maximum atomic E-state index is 12.7. The molecule has 2 N–H and O–H groups in total. The number of rotatable bonds is 3. The number of aromatic nitrogens is 3. The minimum Gasteiger partial charge on any atom is -0.406 e. The molecule has 3 rings (SSSR count). The third-order valence-electron chi connectivity index (χ3n) is 2.98. The van der Waals surface area contributed by atoms with Gasteiger partial charge in [-0.05, 0) is 31.5 Å². The zero-order chi connectivity index (χ0) is 13.9. The second kappa shape index (κ2) is 5.33. The first kappa shape index (κ1) is 12.7. The normalized spacial score (nSPS) is 18.1. The maximum Gasteiger partial charge on any atom is 0.322 e. The van der Waals surface area contributed by atoms with Crippen LogP contribution in [-0.4, -0.2) is 27.6 Å². The number of carbonyl (C=O) groups excluding carboxylic acids is 1. The fourth-order valence-corrected chi connectivity index (χ4v) is 1.99. The van der Waals surface area contributed by atoms with E-state index in [4.69, 9.17) is 4.42 Å². The SMILES string of the molecule is O=C(Nc1nnc(C2CCCN2)o1)c1ccc(F)cn1. The number of nitrogens with zero attached hydrogens (tertiary/aromatic N) is 3. The summed E-state index contributed by atoms with van der Waals surface area (Å²) in [6, 6.07) is 2.48. The number of halogens is 1. The lowest BCUT2D eigenvalue weighted by atomic mass is 10.2. The van der Waals surface area contributed by atoms with Crippen LogP contribution in [0.5, 0.6) is 0 Å². The van der Waals surface area contributed by atoms with Gasteiger partial charge >= 0.3 is 6.01 Å². The van der Waals surface area contributed by atoms with E-state index >= 15 is 0 Å². The molecule has 1 saturated heterocycles. The highest BCUT2D eigenvalue weighted by atomic mass is 19.1. The first-order chi connectivity index (χ1) is 9.72. The quantitative estimate of drug-likeness (QED) is 0.878. The number of carbonyl (C=O) groups is 1. The Hall–Kier alpha value is -2.35. The molecule has 0 aromatic carbocycles. The summed E-state index contributed by atoms with van der Waals surface area (Å²) < 4.78 is 18.1. The zero-order valence-corrected chi connectivity index (χ0v) is 10.5. The summed E-state index contributed by atoms with van der Waals surface area (Å²) in [4.78, 5) is 15.5. The summed E-state index contributed by atoms with van der Waals surface area (Å²) in [5.41, 5.74) is 0.0742. The van der Waals surface area contributed by atoms with Crippen LogP contribution >= 0.6 is 0 Å². The van der Waals surface area contributed by atoms with Crippen molar-refractivity contribution in [3.8, 4) is 0 Å². The van der Waals surface area contributed by atoms with Crippen molar-refractivity contribution < 1.29 is 13.6 Å². The van der Waals surface area contributed by atoms with E-state index in [0.717, 1.165) is 31.6 Å². The second-order valence-corrected chi connectivity index (χ2v) is 4.41. The average Bonchev–Trinajstić information content (AvgIpc) is 3.09. The molecule has 0 aliphatic carbocycles. The summed E-state index contributed by atoms with van der Waals surface area (Å²) in [6.07, 6.45) is 2.94.